The molecule has 0 radical (unpaired) electrons. The molecule has 0 amide bonds. The Hall–Kier alpha value is -3.53. The molecule has 0 unspecified atom stereocenters. The van der Waals surface area contributed by atoms with Crippen LogP contribution in [0.15, 0.2) is 59.0 Å². The lowest BCUT2D eigenvalue weighted by Gasteiger charge is -2.24. The second-order valence-corrected chi connectivity index (χ2v) is 17.0. The predicted molar refractivity (Wildman–Crippen MR) is 148 cm³/mol. The fourth-order valence-corrected chi connectivity index (χ4v) is 4.60. The first-order chi connectivity index (χ1) is 18.6. The molecule has 0 spiro atoms. The molecular formula is C30H35F3O6Si. The van der Waals surface area contributed by atoms with E-state index in [2.05, 4.69) is 19.6 Å². The number of ether oxygens (including phenoxy) is 3. The minimum Gasteiger partial charge on any atom is -0.486 e. The Labute approximate surface area is 233 Å². The quantitative estimate of drug-likeness (QED) is 0.171. The highest BCUT2D eigenvalue weighted by Crippen LogP contribution is 2.33. The van der Waals surface area contributed by atoms with Crippen molar-refractivity contribution in [2.45, 2.75) is 64.2 Å². The summed E-state index contributed by atoms with van der Waals surface area (Å²) < 4.78 is 61.1. The van der Waals surface area contributed by atoms with Crippen molar-refractivity contribution in [3.8, 4) is 17.1 Å². The van der Waals surface area contributed by atoms with Gasteiger partial charge in [0.05, 0.1) is 25.7 Å². The normalized spacial score (nSPS) is 12.2. The van der Waals surface area contributed by atoms with Gasteiger partial charge in [0.25, 0.3) is 0 Å². The van der Waals surface area contributed by atoms with Crippen molar-refractivity contribution in [1.29, 1.82) is 0 Å². The highest BCUT2D eigenvalue weighted by molar-refractivity contribution is 6.76. The van der Waals surface area contributed by atoms with E-state index in [4.69, 9.17) is 18.6 Å². The Morgan fingerprint density at radius 2 is 1.52 bits per heavy atom. The molecule has 0 aliphatic rings. The molecule has 6 nitrogen and oxygen atoms in total. The maximum Gasteiger partial charge on any atom is 0.416 e. The van der Waals surface area contributed by atoms with Crippen molar-refractivity contribution < 1.29 is 41.4 Å². The van der Waals surface area contributed by atoms with Crippen LogP contribution in [0.4, 0.5) is 13.2 Å². The summed E-state index contributed by atoms with van der Waals surface area (Å²) in [7, 11) is -0.0883. The van der Waals surface area contributed by atoms with E-state index in [0.717, 1.165) is 23.7 Å². The van der Waals surface area contributed by atoms with Crippen LogP contribution in [0.2, 0.25) is 25.7 Å². The predicted octanol–water partition coefficient (Wildman–Crippen LogP) is 7.88. The lowest BCUT2D eigenvalue weighted by atomic mass is 9.81. The van der Waals surface area contributed by atoms with Gasteiger partial charge < -0.3 is 18.6 Å². The van der Waals surface area contributed by atoms with Gasteiger partial charge in [0.1, 0.15) is 23.7 Å². The average molecular weight is 577 g/mol. The van der Waals surface area contributed by atoms with E-state index in [1.165, 1.54) is 25.3 Å². The number of benzene rings is 2. The van der Waals surface area contributed by atoms with E-state index in [0.29, 0.717) is 11.3 Å². The van der Waals surface area contributed by atoms with Crippen LogP contribution in [-0.2, 0) is 32.5 Å². The molecule has 0 aliphatic carbocycles. The minimum absolute atomic E-state index is 0.107. The Bertz CT molecular complexity index is 1300. The monoisotopic (exact) mass is 576 g/mol. The zero-order valence-electron chi connectivity index (χ0n) is 23.6. The molecule has 216 valence electrons. The van der Waals surface area contributed by atoms with Crippen LogP contribution in [0, 0.1) is 0 Å². The van der Waals surface area contributed by atoms with Gasteiger partial charge in [-0.2, -0.15) is 13.2 Å². The summed E-state index contributed by atoms with van der Waals surface area (Å²) in [5.41, 5.74) is 0.222. The van der Waals surface area contributed by atoms with Crippen LogP contribution in [0.25, 0.3) is 11.3 Å². The third-order valence-corrected chi connectivity index (χ3v) is 8.13. The van der Waals surface area contributed by atoms with Crippen LogP contribution in [0.5, 0.6) is 5.75 Å². The SMILES string of the molecule is COC(=O)CC(C)(C)c1ccc(OCc2oc(-c3ccc(C(F)(F)F)cc3)cc2C(=O)OCC[Si](C)(C)C)cc1. The number of furan rings is 1. The fourth-order valence-electron chi connectivity index (χ4n) is 3.89. The summed E-state index contributed by atoms with van der Waals surface area (Å²) in [6.45, 7) is 10.5. The van der Waals surface area contributed by atoms with Crippen molar-refractivity contribution in [2.24, 2.45) is 0 Å². The molecule has 0 saturated carbocycles. The smallest absolute Gasteiger partial charge is 0.416 e. The minimum atomic E-state index is -4.46. The Morgan fingerprint density at radius 3 is 2.08 bits per heavy atom. The third kappa shape index (κ3) is 8.48. The van der Waals surface area contributed by atoms with Gasteiger partial charge in [0, 0.05) is 19.1 Å². The maximum atomic E-state index is 13.0. The number of hydrogen-bond acceptors (Lipinski definition) is 6. The number of carbonyl (C=O) groups is 2. The molecule has 0 bridgehead atoms. The number of rotatable bonds is 11. The standard InChI is InChI=1S/C30H35F3O6Si/c1-29(2,18-27(34)36-3)21-11-13-23(14-12-21)38-19-26-24(28(35)37-15-16-40(4,5)6)17-25(39-26)20-7-9-22(10-8-20)30(31,32)33/h7-14,17H,15-16,18-19H2,1-6H3. The molecule has 1 heterocycles. The molecule has 0 N–H and O–H groups in total. The van der Waals surface area contributed by atoms with E-state index in [1.54, 1.807) is 12.1 Å². The van der Waals surface area contributed by atoms with Crippen molar-refractivity contribution in [2.75, 3.05) is 13.7 Å². The van der Waals surface area contributed by atoms with Gasteiger partial charge in [-0.3, -0.25) is 4.79 Å². The third-order valence-electron chi connectivity index (χ3n) is 6.43. The largest absolute Gasteiger partial charge is 0.486 e. The summed E-state index contributed by atoms with van der Waals surface area (Å²) in [4.78, 5) is 24.7. The molecule has 0 atom stereocenters. The first kappa shape index (κ1) is 31.0. The molecule has 10 heteroatoms. The van der Waals surface area contributed by atoms with Gasteiger partial charge in [-0.25, -0.2) is 4.79 Å². The molecule has 3 rings (SSSR count). The van der Waals surface area contributed by atoms with Crippen molar-refractivity contribution >= 4 is 20.0 Å². The second-order valence-electron chi connectivity index (χ2n) is 11.4. The number of esters is 2. The van der Waals surface area contributed by atoms with Gasteiger partial charge in [0.2, 0.25) is 0 Å². The zero-order chi connectivity index (χ0) is 29.7. The van der Waals surface area contributed by atoms with Crippen LogP contribution in [0.3, 0.4) is 0 Å². The van der Waals surface area contributed by atoms with Crippen LogP contribution < -0.4 is 4.74 Å². The topological polar surface area (TPSA) is 75.0 Å². The Balaban J connectivity index is 1.81. The van der Waals surface area contributed by atoms with Crippen molar-refractivity contribution in [3.63, 3.8) is 0 Å². The number of methoxy groups -OCH3 is 1. The Kier molecular flexibility index (Phi) is 9.55. The highest BCUT2D eigenvalue weighted by atomic mass is 28.3. The summed E-state index contributed by atoms with van der Waals surface area (Å²) in [6, 6.07) is 14.0. The maximum absolute atomic E-state index is 13.0. The summed E-state index contributed by atoms with van der Waals surface area (Å²) >= 11 is 0. The molecule has 0 saturated heterocycles. The fraction of sp³-hybridized carbons (Fsp3) is 0.400. The van der Waals surface area contributed by atoms with Gasteiger partial charge in [0.15, 0.2) is 5.76 Å². The first-order valence-electron chi connectivity index (χ1n) is 12.9. The molecule has 3 aromatic rings. The summed E-state index contributed by atoms with van der Waals surface area (Å²) in [5.74, 6) is 0.0328. The van der Waals surface area contributed by atoms with E-state index in [-0.39, 0.29) is 42.7 Å². The van der Waals surface area contributed by atoms with E-state index < -0.39 is 31.2 Å². The zero-order valence-corrected chi connectivity index (χ0v) is 24.6. The van der Waals surface area contributed by atoms with Gasteiger partial charge in [-0.1, -0.05) is 57.8 Å². The highest BCUT2D eigenvalue weighted by Gasteiger charge is 2.30. The number of alkyl halides is 3. The van der Waals surface area contributed by atoms with Gasteiger partial charge in [-0.05, 0) is 41.9 Å². The second kappa shape index (κ2) is 12.3. The Morgan fingerprint density at radius 1 is 0.925 bits per heavy atom. The van der Waals surface area contributed by atoms with Crippen LogP contribution in [0.1, 0.15) is 47.5 Å². The van der Waals surface area contributed by atoms with Crippen LogP contribution >= 0.6 is 0 Å². The lowest BCUT2D eigenvalue weighted by molar-refractivity contribution is -0.142. The van der Waals surface area contributed by atoms with Gasteiger partial charge in [-0.15, -0.1) is 0 Å². The first-order valence-corrected chi connectivity index (χ1v) is 16.6. The number of hydrogen-bond donors (Lipinski definition) is 0. The van der Waals surface area contributed by atoms with E-state index >= 15 is 0 Å². The lowest BCUT2D eigenvalue weighted by Crippen LogP contribution is -2.23. The average Bonchev–Trinajstić information content (AvgIpc) is 3.30. The molecular weight excluding hydrogens is 541 g/mol. The van der Waals surface area contributed by atoms with E-state index in [1.807, 2.05) is 26.0 Å². The van der Waals surface area contributed by atoms with Crippen molar-refractivity contribution in [1.82, 2.24) is 0 Å². The molecule has 1 aromatic heterocycles. The molecule has 40 heavy (non-hydrogen) atoms. The van der Waals surface area contributed by atoms with Crippen molar-refractivity contribution in [3.05, 3.63) is 77.0 Å². The molecule has 2 aromatic carbocycles. The van der Waals surface area contributed by atoms with E-state index in [9.17, 15) is 22.8 Å². The van der Waals surface area contributed by atoms with Gasteiger partial charge >= 0.3 is 18.1 Å². The summed E-state index contributed by atoms with van der Waals surface area (Å²) in [6.07, 6.45) is -4.25. The number of carbonyl (C=O) groups excluding carboxylic acids is 2. The molecule has 0 aliphatic heterocycles. The van der Waals surface area contributed by atoms with Crippen LogP contribution in [-0.4, -0.2) is 33.7 Å². The number of halogens is 3. The summed E-state index contributed by atoms with van der Waals surface area (Å²) in [5, 5.41) is 0. The molecule has 0 fully saturated rings.